The summed E-state index contributed by atoms with van der Waals surface area (Å²) in [5, 5.41) is 3.46. The van der Waals surface area contributed by atoms with Crippen LogP contribution in [0.2, 0.25) is 0 Å². The van der Waals surface area contributed by atoms with Gasteiger partial charge in [0.25, 0.3) is 0 Å². The molecule has 2 nitrogen and oxygen atoms in total. The summed E-state index contributed by atoms with van der Waals surface area (Å²) in [5.74, 6) is 0. The number of benzene rings is 1. The van der Waals surface area contributed by atoms with E-state index in [-0.39, 0.29) is 11.5 Å². The van der Waals surface area contributed by atoms with Gasteiger partial charge in [-0.05, 0) is 48.4 Å². The van der Waals surface area contributed by atoms with E-state index in [0.29, 0.717) is 6.10 Å². The zero-order chi connectivity index (χ0) is 14.2. The number of rotatable bonds is 1. The Kier molecular flexibility index (Phi) is 4.03. The maximum absolute atomic E-state index is 6.10. The van der Waals surface area contributed by atoms with Gasteiger partial charge in [0.05, 0.1) is 12.2 Å². The standard InChI is InChI=1S/C17H27NO/c1-11-7-14(17(4,5)6)8-12(2)16(11)15-10-18-9-13(3)19-15/h7-8,13,15,18H,9-10H2,1-6H3. The predicted molar refractivity (Wildman–Crippen MR) is 80.8 cm³/mol. The van der Waals surface area contributed by atoms with Gasteiger partial charge in [-0.1, -0.05) is 32.9 Å². The highest BCUT2D eigenvalue weighted by atomic mass is 16.5. The molecule has 1 N–H and O–H groups in total. The number of morpholine rings is 1. The second-order valence-electron chi connectivity index (χ2n) is 6.87. The average Bonchev–Trinajstić information content (AvgIpc) is 2.26. The summed E-state index contributed by atoms with van der Waals surface area (Å²) in [7, 11) is 0. The normalized spacial score (nSPS) is 24.5. The molecule has 2 rings (SSSR count). The number of hydrogen-bond acceptors (Lipinski definition) is 2. The van der Waals surface area contributed by atoms with Crippen molar-refractivity contribution in [3.8, 4) is 0 Å². The SMILES string of the molecule is Cc1cc(C(C)(C)C)cc(C)c1C1CNCC(C)O1. The van der Waals surface area contributed by atoms with E-state index in [9.17, 15) is 0 Å². The number of hydrogen-bond donors (Lipinski definition) is 1. The van der Waals surface area contributed by atoms with Crippen molar-refractivity contribution < 1.29 is 4.74 Å². The van der Waals surface area contributed by atoms with Crippen molar-refractivity contribution >= 4 is 0 Å². The van der Waals surface area contributed by atoms with Crippen molar-refractivity contribution in [3.63, 3.8) is 0 Å². The summed E-state index contributed by atoms with van der Waals surface area (Å²) in [4.78, 5) is 0. The summed E-state index contributed by atoms with van der Waals surface area (Å²) in [6.07, 6.45) is 0.484. The molecule has 0 spiro atoms. The molecule has 0 saturated carbocycles. The van der Waals surface area contributed by atoms with Crippen molar-refractivity contribution in [2.24, 2.45) is 0 Å². The van der Waals surface area contributed by atoms with Crippen molar-refractivity contribution in [1.29, 1.82) is 0 Å². The van der Waals surface area contributed by atoms with Gasteiger partial charge in [0.15, 0.2) is 0 Å². The van der Waals surface area contributed by atoms with E-state index >= 15 is 0 Å². The Morgan fingerprint density at radius 1 is 1.11 bits per heavy atom. The fourth-order valence-electron chi connectivity index (χ4n) is 2.88. The minimum Gasteiger partial charge on any atom is -0.368 e. The fourth-order valence-corrected chi connectivity index (χ4v) is 2.88. The van der Waals surface area contributed by atoms with Gasteiger partial charge in [0.2, 0.25) is 0 Å². The molecule has 1 fully saturated rings. The second kappa shape index (κ2) is 5.26. The van der Waals surface area contributed by atoms with Gasteiger partial charge in [-0.15, -0.1) is 0 Å². The van der Waals surface area contributed by atoms with E-state index in [2.05, 4.69) is 59.0 Å². The lowest BCUT2D eigenvalue weighted by molar-refractivity contribution is -0.0293. The third-order valence-corrected chi connectivity index (χ3v) is 3.94. The van der Waals surface area contributed by atoms with Gasteiger partial charge in [0.1, 0.15) is 0 Å². The number of nitrogens with one attached hydrogen (secondary N) is 1. The van der Waals surface area contributed by atoms with Crippen molar-refractivity contribution in [2.75, 3.05) is 13.1 Å². The van der Waals surface area contributed by atoms with E-state index in [0.717, 1.165) is 13.1 Å². The molecule has 1 aromatic rings. The van der Waals surface area contributed by atoms with Crippen LogP contribution < -0.4 is 5.32 Å². The molecule has 1 heterocycles. The van der Waals surface area contributed by atoms with E-state index in [1.54, 1.807) is 0 Å². The third-order valence-electron chi connectivity index (χ3n) is 3.94. The molecule has 19 heavy (non-hydrogen) atoms. The first-order valence-electron chi connectivity index (χ1n) is 7.27. The second-order valence-corrected chi connectivity index (χ2v) is 6.87. The van der Waals surface area contributed by atoms with Crippen LogP contribution in [0.5, 0.6) is 0 Å². The van der Waals surface area contributed by atoms with Crippen LogP contribution in [0.1, 0.15) is 56.1 Å². The van der Waals surface area contributed by atoms with Gasteiger partial charge in [-0.25, -0.2) is 0 Å². The highest BCUT2D eigenvalue weighted by Gasteiger charge is 2.25. The smallest absolute Gasteiger partial charge is 0.0958 e. The molecular formula is C17H27NO. The van der Waals surface area contributed by atoms with E-state index in [1.807, 2.05) is 0 Å². The van der Waals surface area contributed by atoms with Crippen molar-refractivity contribution in [2.45, 2.75) is 59.2 Å². The predicted octanol–water partition coefficient (Wildman–Crippen LogP) is 3.65. The molecule has 1 aromatic carbocycles. The summed E-state index contributed by atoms with van der Waals surface area (Å²) >= 11 is 0. The maximum atomic E-state index is 6.10. The van der Waals surface area contributed by atoms with Gasteiger partial charge in [-0.2, -0.15) is 0 Å². The molecule has 1 saturated heterocycles. The minimum absolute atomic E-state index is 0.192. The van der Waals surface area contributed by atoms with Gasteiger partial charge >= 0.3 is 0 Å². The topological polar surface area (TPSA) is 21.3 Å². The Labute approximate surface area is 117 Å². The molecule has 0 aromatic heterocycles. The lowest BCUT2D eigenvalue weighted by atomic mass is 9.83. The number of ether oxygens (including phenoxy) is 1. The maximum Gasteiger partial charge on any atom is 0.0958 e. The summed E-state index contributed by atoms with van der Waals surface area (Å²) in [5.41, 5.74) is 5.68. The van der Waals surface area contributed by atoms with Crippen molar-refractivity contribution in [1.82, 2.24) is 5.32 Å². The molecule has 0 aliphatic carbocycles. The molecule has 1 aliphatic rings. The molecule has 2 unspecified atom stereocenters. The first-order valence-corrected chi connectivity index (χ1v) is 7.27. The van der Waals surface area contributed by atoms with E-state index in [4.69, 9.17) is 4.74 Å². The lowest BCUT2D eigenvalue weighted by Crippen LogP contribution is -2.39. The lowest BCUT2D eigenvalue weighted by Gasteiger charge is -2.32. The van der Waals surface area contributed by atoms with Crippen LogP contribution in [-0.4, -0.2) is 19.2 Å². The van der Waals surface area contributed by atoms with Crippen LogP contribution in [0.4, 0.5) is 0 Å². The fraction of sp³-hybridized carbons (Fsp3) is 0.647. The molecule has 1 aliphatic heterocycles. The highest BCUT2D eigenvalue weighted by molar-refractivity contribution is 5.42. The van der Waals surface area contributed by atoms with Crippen molar-refractivity contribution in [3.05, 3.63) is 34.4 Å². The van der Waals surface area contributed by atoms with Crippen LogP contribution in [0, 0.1) is 13.8 Å². The Hall–Kier alpha value is -0.860. The average molecular weight is 261 g/mol. The Morgan fingerprint density at radius 2 is 1.68 bits per heavy atom. The first-order chi connectivity index (χ1) is 8.79. The van der Waals surface area contributed by atoms with Crippen LogP contribution >= 0.6 is 0 Å². The van der Waals surface area contributed by atoms with Crippen LogP contribution in [0.25, 0.3) is 0 Å². The monoisotopic (exact) mass is 261 g/mol. The summed E-state index contributed by atoms with van der Waals surface area (Å²) < 4.78 is 6.10. The van der Waals surface area contributed by atoms with E-state index in [1.165, 1.54) is 22.3 Å². The quantitative estimate of drug-likeness (QED) is 0.833. The van der Waals surface area contributed by atoms with Gasteiger partial charge in [-0.3, -0.25) is 0 Å². The largest absolute Gasteiger partial charge is 0.368 e. The Bertz CT molecular complexity index is 436. The van der Waals surface area contributed by atoms with Gasteiger partial charge in [0, 0.05) is 13.1 Å². The Balaban J connectivity index is 2.36. The summed E-state index contributed by atoms with van der Waals surface area (Å²) in [6.45, 7) is 15.2. The molecule has 0 amide bonds. The molecule has 0 bridgehead atoms. The highest BCUT2D eigenvalue weighted by Crippen LogP contribution is 2.32. The number of aryl methyl sites for hydroxylation is 2. The first kappa shape index (κ1) is 14.5. The Morgan fingerprint density at radius 3 is 2.16 bits per heavy atom. The van der Waals surface area contributed by atoms with E-state index < -0.39 is 0 Å². The zero-order valence-corrected chi connectivity index (χ0v) is 13.1. The van der Waals surface area contributed by atoms with Crippen LogP contribution in [0.15, 0.2) is 12.1 Å². The molecule has 0 radical (unpaired) electrons. The third kappa shape index (κ3) is 3.18. The molecule has 106 valence electrons. The molecular weight excluding hydrogens is 234 g/mol. The summed E-state index contributed by atoms with van der Waals surface area (Å²) in [6, 6.07) is 4.65. The van der Waals surface area contributed by atoms with Crippen LogP contribution in [0.3, 0.4) is 0 Å². The van der Waals surface area contributed by atoms with Gasteiger partial charge < -0.3 is 10.1 Å². The molecule has 2 heteroatoms. The zero-order valence-electron chi connectivity index (χ0n) is 13.1. The molecule has 2 atom stereocenters. The van der Waals surface area contributed by atoms with Crippen LogP contribution in [-0.2, 0) is 10.2 Å². The minimum atomic E-state index is 0.192.